The van der Waals surface area contributed by atoms with Crippen LogP contribution in [0.15, 0.2) is 0 Å². The SMILES string of the molecule is NCC1(C(=O)N2C[C@H](O)C[C@H]2C(=O)O)CCCCCC1. The number of β-amino-alcohol motifs (C(OH)–C–C–N with tert-alkyl or cyclic N) is 1. The van der Waals surface area contributed by atoms with Crippen molar-refractivity contribution in [3.63, 3.8) is 0 Å². The fourth-order valence-electron chi connectivity index (χ4n) is 3.49. The van der Waals surface area contributed by atoms with E-state index < -0.39 is 23.5 Å². The molecule has 114 valence electrons. The highest BCUT2D eigenvalue weighted by Crippen LogP contribution is 2.37. The number of aliphatic hydroxyl groups excluding tert-OH is 1. The maximum absolute atomic E-state index is 12.8. The molecule has 2 aliphatic rings. The molecule has 1 saturated carbocycles. The van der Waals surface area contributed by atoms with Gasteiger partial charge < -0.3 is 20.8 Å². The molecule has 20 heavy (non-hydrogen) atoms. The number of aliphatic carboxylic acids is 1. The van der Waals surface area contributed by atoms with E-state index in [9.17, 15) is 19.8 Å². The number of nitrogens with two attached hydrogens (primary N) is 1. The van der Waals surface area contributed by atoms with Crippen LogP contribution in [0.3, 0.4) is 0 Å². The van der Waals surface area contributed by atoms with Gasteiger partial charge in [0.25, 0.3) is 0 Å². The number of hydrogen-bond donors (Lipinski definition) is 3. The van der Waals surface area contributed by atoms with Crippen molar-refractivity contribution < 1.29 is 19.8 Å². The predicted molar refractivity (Wildman–Crippen MR) is 73.0 cm³/mol. The monoisotopic (exact) mass is 284 g/mol. The zero-order chi connectivity index (χ0) is 14.8. The number of aliphatic hydroxyl groups is 1. The van der Waals surface area contributed by atoms with E-state index in [1.165, 1.54) is 4.90 Å². The summed E-state index contributed by atoms with van der Waals surface area (Å²) in [4.78, 5) is 25.4. The molecule has 6 nitrogen and oxygen atoms in total. The van der Waals surface area contributed by atoms with Gasteiger partial charge in [-0.15, -0.1) is 0 Å². The Bertz CT molecular complexity index is 377. The number of carbonyl (C=O) groups excluding carboxylic acids is 1. The second kappa shape index (κ2) is 6.10. The van der Waals surface area contributed by atoms with Crippen molar-refractivity contribution in [2.75, 3.05) is 13.1 Å². The molecule has 1 saturated heterocycles. The first-order chi connectivity index (χ1) is 9.50. The van der Waals surface area contributed by atoms with Gasteiger partial charge in [-0.05, 0) is 12.8 Å². The van der Waals surface area contributed by atoms with Crippen molar-refractivity contribution in [3.8, 4) is 0 Å². The molecule has 6 heteroatoms. The molecule has 1 aliphatic heterocycles. The van der Waals surface area contributed by atoms with Gasteiger partial charge in [0.15, 0.2) is 0 Å². The first-order valence-corrected chi connectivity index (χ1v) is 7.42. The van der Waals surface area contributed by atoms with Crippen LogP contribution in [0, 0.1) is 5.41 Å². The molecule has 0 aromatic heterocycles. The Morgan fingerprint density at radius 2 is 1.80 bits per heavy atom. The van der Waals surface area contributed by atoms with Crippen molar-refractivity contribution in [1.29, 1.82) is 0 Å². The highest BCUT2D eigenvalue weighted by atomic mass is 16.4. The molecule has 2 fully saturated rings. The summed E-state index contributed by atoms with van der Waals surface area (Å²) in [5.41, 5.74) is 5.24. The fraction of sp³-hybridized carbons (Fsp3) is 0.857. The van der Waals surface area contributed by atoms with Crippen LogP contribution >= 0.6 is 0 Å². The summed E-state index contributed by atoms with van der Waals surface area (Å²) in [6.07, 6.45) is 4.92. The number of amides is 1. The van der Waals surface area contributed by atoms with Gasteiger partial charge in [0.1, 0.15) is 6.04 Å². The third kappa shape index (κ3) is 2.81. The topological polar surface area (TPSA) is 104 Å². The molecule has 2 atom stereocenters. The van der Waals surface area contributed by atoms with Crippen LogP contribution in [0.1, 0.15) is 44.9 Å². The number of rotatable bonds is 3. The number of likely N-dealkylation sites (tertiary alicyclic amines) is 1. The van der Waals surface area contributed by atoms with E-state index in [1.807, 2.05) is 0 Å². The Kier molecular flexibility index (Phi) is 4.65. The minimum absolute atomic E-state index is 0.109. The average molecular weight is 284 g/mol. The van der Waals surface area contributed by atoms with E-state index in [1.54, 1.807) is 0 Å². The molecule has 0 radical (unpaired) electrons. The van der Waals surface area contributed by atoms with E-state index in [4.69, 9.17) is 5.73 Å². The smallest absolute Gasteiger partial charge is 0.326 e. The van der Waals surface area contributed by atoms with Gasteiger partial charge in [-0.1, -0.05) is 25.7 Å². The van der Waals surface area contributed by atoms with Gasteiger partial charge in [0, 0.05) is 19.5 Å². The minimum Gasteiger partial charge on any atom is -0.480 e. The van der Waals surface area contributed by atoms with Gasteiger partial charge in [0.2, 0.25) is 5.91 Å². The van der Waals surface area contributed by atoms with Crippen molar-refractivity contribution in [2.24, 2.45) is 11.1 Å². The predicted octanol–water partition coefficient (Wildman–Crippen LogP) is 0.332. The zero-order valence-corrected chi connectivity index (χ0v) is 11.8. The molecular weight excluding hydrogens is 260 g/mol. The Labute approximate surface area is 118 Å². The Morgan fingerprint density at radius 3 is 2.30 bits per heavy atom. The standard InChI is InChI=1S/C14H24N2O4/c15-9-14(5-3-1-2-4-6-14)13(20)16-8-10(17)7-11(16)12(18)19/h10-11,17H,1-9,15H2,(H,18,19)/t10-,11+/m1/s1. The number of carboxylic acid groups (broad SMARTS) is 1. The summed E-state index contributed by atoms with van der Waals surface area (Å²) in [6.45, 7) is 0.363. The second-order valence-electron chi connectivity index (χ2n) is 6.10. The quantitative estimate of drug-likeness (QED) is 0.648. The molecule has 0 unspecified atom stereocenters. The lowest BCUT2D eigenvalue weighted by Crippen LogP contribution is -2.51. The number of carboxylic acids is 1. The molecule has 4 N–H and O–H groups in total. The third-order valence-electron chi connectivity index (χ3n) is 4.73. The van der Waals surface area contributed by atoms with E-state index in [0.29, 0.717) is 0 Å². The summed E-state index contributed by atoms with van der Waals surface area (Å²) in [5.74, 6) is -1.22. The molecule has 0 spiro atoms. The van der Waals surface area contributed by atoms with Crippen LogP contribution in [-0.2, 0) is 9.59 Å². The summed E-state index contributed by atoms with van der Waals surface area (Å²) in [5, 5.41) is 18.9. The Hall–Kier alpha value is -1.14. The Balaban J connectivity index is 2.20. The number of hydrogen-bond acceptors (Lipinski definition) is 4. The minimum atomic E-state index is -1.05. The summed E-state index contributed by atoms with van der Waals surface area (Å²) in [6, 6.07) is -0.913. The summed E-state index contributed by atoms with van der Waals surface area (Å²) < 4.78 is 0. The lowest BCUT2D eigenvalue weighted by atomic mass is 9.79. The van der Waals surface area contributed by atoms with E-state index in [-0.39, 0.29) is 25.4 Å². The van der Waals surface area contributed by atoms with Crippen LogP contribution in [0.25, 0.3) is 0 Å². The first-order valence-electron chi connectivity index (χ1n) is 7.42. The Morgan fingerprint density at radius 1 is 1.20 bits per heavy atom. The van der Waals surface area contributed by atoms with Crippen LogP contribution in [0.4, 0.5) is 0 Å². The van der Waals surface area contributed by atoms with Crippen molar-refractivity contribution in [1.82, 2.24) is 4.90 Å². The van der Waals surface area contributed by atoms with E-state index >= 15 is 0 Å². The van der Waals surface area contributed by atoms with Crippen molar-refractivity contribution in [2.45, 2.75) is 57.1 Å². The van der Waals surface area contributed by atoms with Gasteiger partial charge in [-0.3, -0.25) is 4.79 Å². The van der Waals surface area contributed by atoms with Crippen molar-refractivity contribution >= 4 is 11.9 Å². The van der Waals surface area contributed by atoms with Crippen LogP contribution in [0.5, 0.6) is 0 Å². The maximum atomic E-state index is 12.8. The largest absolute Gasteiger partial charge is 0.480 e. The maximum Gasteiger partial charge on any atom is 0.326 e. The van der Waals surface area contributed by atoms with Gasteiger partial charge in [-0.25, -0.2) is 4.79 Å². The molecule has 0 bridgehead atoms. The zero-order valence-electron chi connectivity index (χ0n) is 11.8. The van der Waals surface area contributed by atoms with E-state index in [2.05, 4.69) is 0 Å². The fourth-order valence-corrected chi connectivity index (χ4v) is 3.49. The molecule has 1 amide bonds. The average Bonchev–Trinajstić information content (AvgIpc) is 2.67. The lowest BCUT2D eigenvalue weighted by Gasteiger charge is -2.35. The highest BCUT2D eigenvalue weighted by Gasteiger charge is 2.47. The lowest BCUT2D eigenvalue weighted by molar-refractivity contribution is -0.153. The normalized spacial score (nSPS) is 30.0. The molecule has 0 aromatic carbocycles. The molecule has 2 rings (SSSR count). The van der Waals surface area contributed by atoms with Crippen LogP contribution in [0.2, 0.25) is 0 Å². The molecule has 1 aliphatic carbocycles. The third-order valence-corrected chi connectivity index (χ3v) is 4.73. The van der Waals surface area contributed by atoms with Gasteiger partial charge in [0.05, 0.1) is 11.5 Å². The molecular formula is C14H24N2O4. The van der Waals surface area contributed by atoms with Crippen LogP contribution < -0.4 is 5.73 Å². The number of nitrogens with zero attached hydrogens (tertiary/aromatic N) is 1. The summed E-state index contributed by atoms with van der Waals surface area (Å²) >= 11 is 0. The van der Waals surface area contributed by atoms with E-state index in [0.717, 1.165) is 38.5 Å². The molecule has 1 heterocycles. The molecule has 0 aromatic rings. The summed E-state index contributed by atoms with van der Waals surface area (Å²) in [7, 11) is 0. The van der Waals surface area contributed by atoms with Gasteiger partial charge in [-0.2, -0.15) is 0 Å². The first kappa shape index (κ1) is 15.3. The van der Waals surface area contributed by atoms with Crippen molar-refractivity contribution in [3.05, 3.63) is 0 Å². The highest BCUT2D eigenvalue weighted by molar-refractivity contribution is 5.88. The van der Waals surface area contributed by atoms with Crippen LogP contribution in [-0.4, -0.2) is 52.2 Å². The van der Waals surface area contributed by atoms with Gasteiger partial charge >= 0.3 is 5.97 Å². The second-order valence-corrected chi connectivity index (χ2v) is 6.10. The number of carbonyl (C=O) groups is 2.